The van der Waals surface area contributed by atoms with E-state index in [1.807, 2.05) is 17.2 Å². The van der Waals surface area contributed by atoms with Gasteiger partial charge in [-0.3, -0.25) is 0 Å². The summed E-state index contributed by atoms with van der Waals surface area (Å²) in [6.45, 7) is 0.487. The molecule has 0 saturated carbocycles. The van der Waals surface area contributed by atoms with Gasteiger partial charge in [0.1, 0.15) is 17.2 Å². The number of rotatable bonds is 1. The van der Waals surface area contributed by atoms with Crippen molar-refractivity contribution in [3.8, 4) is 17.2 Å². The number of nitrogens with zero attached hydrogens (tertiary/aromatic N) is 1. The maximum Gasteiger partial charge on any atom is 0.134 e. The van der Waals surface area contributed by atoms with E-state index >= 15 is 0 Å². The monoisotopic (exact) mass is 333 g/mol. The van der Waals surface area contributed by atoms with E-state index in [-0.39, 0.29) is 17.2 Å². The minimum Gasteiger partial charge on any atom is -0.508 e. The van der Waals surface area contributed by atoms with Crippen LogP contribution in [-0.2, 0) is 6.54 Å². The minimum absolute atomic E-state index is 0.0176. The Morgan fingerprint density at radius 1 is 1.00 bits per heavy atom. The first-order valence-corrected chi connectivity index (χ1v) is 6.83. The van der Waals surface area contributed by atoms with E-state index in [2.05, 4.69) is 15.9 Å². The lowest BCUT2D eigenvalue weighted by atomic mass is 10.0. The number of fused-ring (bicyclic) bond motifs is 1. The molecule has 3 N–H and O–H groups in total. The lowest BCUT2D eigenvalue weighted by molar-refractivity contribution is 0.443. The molecule has 1 aliphatic rings. The highest BCUT2D eigenvalue weighted by Crippen LogP contribution is 2.40. The van der Waals surface area contributed by atoms with Crippen LogP contribution in [0.3, 0.4) is 0 Å². The average Bonchev–Trinajstić information content (AvgIpc) is 2.45. The minimum atomic E-state index is 0.0176. The lowest BCUT2D eigenvalue weighted by Gasteiger charge is -2.26. The van der Waals surface area contributed by atoms with Crippen molar-refractivity contribution in [3.63, 3.8) is 0 Å². The first kappa shape index (κ1) is 12.9. The van der Waals surface area contributed by atoms with E-state index in [0.717, 1.165) is 16.8 Å². The van der Waals surface area contributed by atoms with Gasteiger partial charge in [0.15, 0.2) is 0 Å². The van der Waals surface area contributed by atoms with Crippen molar-refractivity contribution in [1.29, 1.82) is 0 Å². The predicted octanol–water partition coefficient (Wildman–Crippen LogP) is 3.56. The zero-order chi connectivity index (χ0) is 14.3. The zero-order valence-corrected chi connectivity index (χ0v) is 12.0. The van der Waals surface area contributed by atoms with Crippen LogP contribution >= 0.6 is 15.9 Å². The number of hydrogen-bond acceptors (Lipinski definition) is 4. The molecule has 102 valence electrons. The Bertz CT molecular complexity index is 695. The molecule has 0 radical (unpaired) electrons. The summed E-state index contributed by atoms with van der Waals surface area (Å²) in [4.78, 5) is 1.95. The summed E-state index contributed by atoms with van der Waals surface area (Å²) >= 11 is 3.32. The van der Waals surface area contributed by atoms with Crippen LogP contribution in [-0.4, -0.2) is 15.3 Å². The number of phenolic OH excluding ortho intramolecular Hbond substituents is 3. The molecule has 0 bridgehead atoms. The summed E-state index contributed by atoms with van der Waals surface area (Å²) in [6.07, 6.45) is 3.70. The number of aromatic hydroxyl groups is 3. The Morgan fingerprint density at radius 2 is 1.70 bits per heavy atom. The van der Waals surface area contributed by atoms with Crippen LogP contribution in [0.25, 0.3) is 6.08 Å². The second kappa shape index (κ2) is 4.76. The van der Waals surface area contributed by atoms with Crippen LogP contribution in [0.4, 0.5) is 5.69 Å². The van der Waals surface area contributed by atoms with Gasteiger partial charge in [-0.05, 0) is 46.3 Å². The number of phenols is 3. The van der Waals surface area contributed by atoms with Crippen molar-refractivity contribution in [3.05, 3.63) is 52.1 Å². The third-order valence-corrected chi connectivity index (χ3v) is 4.13. The molecule has 0 saturated heterocycles. The van der Waals surface area contributed by atoms with E-state index in [0.29, 0.717) is 11.0 Å². The van der Waals surface area contributed by atoms with Gasteiger partial charge in [0.05, 0.1) is 11.0 Å². The number of halogens is 1. The van der Waals surface area contributed by atoms with E-state index in [4.69, 9.17) is 0 Å². The molecule has 0 aromatic heterocycles. The highest BCUT2D eigenvalue weighted by atomic mass is 79.9. The van der Waals surface area contributed by atoms with E-state index < -0.39 is 0 Å². The molecule has 0 amide bonds. The van der Waals surface area contributed by atoms with E-state index in [9.17, 15) is 15.3 Å². The molecule has 1 heterocycles. The van der Waals surface area contributed by atoms with Crippen LogP contribution in [0.5, 0.6) is 17.2 Å². The molecule has 0 unspecified atom stereocenters. The van der Waals surface area contributed by atoms with Crippen molar-refractivity contribution in [2.45, 2.75) is 6.54 Å². The molecule has 20 heavy (non-hydrogen) atoms. The predicted molar refractivity (Wildman–Crippen MR) is 80.8 cm³/mol. The lowest BCUT2D eigenvalue weighted by Crippen LogP contribution is -2.19. The van der Waals surface area contributed by atoms with Crippen LogP contribution in [0.1, 0.15) is 11.1 Å². The molecule has 0 fully saturated rings. The topological polar surface area (TPSA) is 63.9 Å². The quantitative estimate of drug-likeness (QED) is 0.746. The molecule has 4 nitrogen and oxygen atoms in total. The van der Waals surface area contributed by atoms with Crippen molar-refractivity contribution < 1.29 is 15.3 Å². The third kappa shape index (κ3) is 2.10. The van der Waals surface area contributed by atoms with Crippen molar-refractivity contribution in [1.82, 2.24) is 0 Å². The molecular formula is C15H12BrNO3. The van der Waals surface area contributed by atoms with E-state index in [1.165, 1.54) is 6.07 Å². The zero-order valence-electron chi connectivity index (χ0n) is 10.4. The highest BCUT2D eigenvalue weighted by Gasteiger charge is 2.20. The molecule has 0 atom stereocenters. The van der Waals surface area contributed by atoms with Gasteiger partial charge in [-0.25, -0.2) is 0 Å². The van der Waals surface area contributed by atoms with Crippen LogP contribution in [0, 0.1) is 0 Å². The standard InChI is InChI=1S/C15H12BrNO3/c16-15-11-5-6-17(9-1-3-10(18)4-2-9)8-12(11)13(19)7-14(15)20/h1-7,18-20H,8H2. The largest absolute Gasteiger partial charge is 0.508 e. The van der Waals surface area contributed by atoms with Gasteiger partial charge in [0.25, 0.3) is 0 Å². The van der Waals surface area contributed by atoms with Gasteiger partial charge in [0, 0.05) is 29.1 Å². The van der Waals surface area contributed by atoms with Gasteiger partial charge in [-0.15, -0.1) is 0 Å². The Kier molecular flexibility index (Phi) is 3.06. The average molecular weight is 334 g/mol. The summed E-state index contributed by atoms with van der Waals surface area (Å²) < 4.78 is 0.576. The Labute approximate surface area is 124 Å². The second-order valence-electron chi connectivity index (χ2n) is 4.58. The summed E-state index contributed by atoms with van der Waals surface area (Å²) in [5.41, 5.74) is 2.43. The number of benzene rings is 2. The van der Waals surface area contributed by atoms with Gasteiger partial charge in [-0.2, -0.15) is 0 Å². The van der Waals surface area contributed by atoms with Crippen molar-refractivity contribution in [2.24, 2.45) is 0 Å². The van der Waals surface area contributed by atoms with Gasteiger partial charge < -0.3 is 20.2 Å². The molecule has 2 aromatic carbocycles. The fraction of sp³-hybridized carbons (Fsp3) is 0.0667. The Morgan fingerprint density at radius 3 is 2.40 bits per heavy atom. The fourth-order valence-corrected chi connectivity index (χ4v) is 2.72. The van der Waals surface area contributed by atoms with Gasteiger partial charge in [0.2, 0.25) is 0 Å². The molecule has 5 heteroatoms. The Hall–Kier alpha value is -2.14. The smallest absolute Gasteiger partial charge is 0.134 e. The second-order valence-corrected chi connectivity index (χ2v) is 5.37. The van der Waals surface area contributed by atoms with Gasteiger partial charge in [-0.1, -0.05) is 0 Å². The first-order valence-electron chi connectivity index (χ1n) is 6.03. The molecular weight excluding hydrogens is 322 g/mol. The van der Waals surface area contributed by atoms with Crippen LogP contribution in [0.2, 0.25) is 0 Å². The maximum atomic E-state index is 9.99. The van der Waals surface area contributed by atoms with Gasteiger partial charge >= 0.3 is 0 Å². The SMILES string of the molecule is Oc1ccc(N2C=Cc3c(Br)c(O)cc(O)c3C2)cc1. The Balaban J connectivity index is 2.01. The number of hydrogen-bond donors (Lipinski definition) is 3. The van der Waals surface area contributed by atoms with Crippen LogP contribution < -0.4 is 4.90 Å². The molecule has 2 aromatic rings. The normalized spacial score (nSPS) is 13.3. The molecule has 3 rings (SSSR count). The summed E-state index contributed by atoms with van der Waals surface area (Å²) in [7, 11) is 0. The first-order chi connectivity index (χ1) is 9.56. The molecule has 0 aliphatic carbocycles. The van der Waals surface area contributed by atoms with Crippen molar-refractivity contribution >= 4 is 27.7 Å². The maximum absolute atomic E-state index is 9.99. The third-order valence-electron chi connectivity index (χ3n) is 3.30. The number of anilines is 1. The van der Waals surface area contributed by atoms with E-state index in [1.54, 1.807) is 24.3 Å². The highest BCUT2D eigenvalue weighted by molar-refractivity contribution is 9.10. The summed E-state index contributed by atoms with van der Waals surface area (Å²) in [5, 5.41) is 29.0. The summed E-state index contributed by atoms with van der Waals surface area (Å²) in [6, 6.07) is 8.17. The van der Waals surface area contributed by atoms with Crippen LogP contribution in [0.15, 0.2) is 41.0 Å². The van der Waals surface area contributed by atoms with Crippen molar-refractivity contribution in [2.75, 3.05) is 4.90 Å². The summed E-state index contributed by atoms with van der Waals surface area (Å²) in [5.74, 6) is 0.295. The molecule has 1 aliphatic heterocycles. The molecule has 0 spiro atoms. The fourth-order valence-electron chi connectivity index (χ4n) is 2.24.